The van der Waals surface area contributed by atoms with Gasteiger partial charge in [-0.25, -0.2) is 9.97 Å². The Bertz CT molecular complexity index is 1070. The predicted molar refractivity (Wildman–Crippen MR) is 131 cm³/mol. The number of hydrogen-bond acceptors (Lipinski definition) is 6. The van der Waals surface area contributed by atoms with Gasteiger partial charge in [-0.05, 0) is 56.3 Å². The highest BCUT2D eigenvalue weighted by Gasteiger charge is 2.41. The number of unbranched alkanes of at least 4 members (excludes halogenated alkanes) is 1. The highest BCUT2D eigenvalue weighted by atomic mass is 19.4. The molecule has 0 spiro atoms. The molecule has 0 saturated carbocycles. The van der Waals surface area contributed by atoms with E-state index < -0.39 is 23.3 Å². The molecule has 196 valence electrons. The average Bonchev–Trinajstić information content (AvgIpc) is 3.09. The molecule has 0 radical (unpaired) electrons. The molecule has 1 aliphatic carbocycles. The molecule has 1 fully saturated rings. The lowest BCUT2D eigenvalue weighted by atomic mass is 9.91. The van der Waals surface area contributed by atoms with Crippen LogP contribution in [-0.4, -0.2) is 58.6 Å². The van der Waals surface area contributed by atoms with Crippen molar-refractivity contribution in [3.63, 3.8) is 0 Å². The summed E-state index contributed by atoms with van der Waals surface area (Å²) in [6, 6.07) is 4.92. The van der Waals surface area contributed by atoms with Crippen molar-refractivity contribution in [2.45, 2.75) is 63.1 Å². The normalized spacial score (nSPS) is 23.0. The van der Waals surface area contributed by atoms with Crippen molar-refractivity contribution in [3.8, 4) is 0 Å². The number of aromatic nitrogens is 2. The maximum Gasteiger partial charge on any atom is 0.416 e. The molecule has 3 atom stereocenters. The van der Waals surface area contributed by atoms with Crippen LogP contribution in [0.15, 0.2) is 30.6 Å². The summed E-state index contributed by atoms with van der Waals surface area (Å²) in [5, 5.41) is 10.7. The molecule has 2 heterocycles. The van der Waals surface area contributed by atoms with Crippen LogP contribution in [0.2, 0.25) is 0 Å². The fourth-order valence-corrected chi connectivity index (χ4v) is 5.51. The van der Waals surface area contributed by atoms with Gasteiger partial charge in [-0.15, -0.1) is 0 Å². The van der Waals surface area contributed by atoms with E-state index in [0.717, 1.165) is 36.4 Å². The lowest BCUT2D eigenvalue weighted by molar-refractivity contribution is -0.137. The van der Waals surface area contributed by atoms with E-state index >= 15 is 0 Å². The summed E-state index contributed by atoms with van der Waals surface area (Å²) in [4.78, 5) is 26.3. The second kappa shape index (κ2) is 10.3. The van der Waals surface area contributed by atoms with Crippen molar-refractivity contribution < 1.29 is 23.1 Å². The molecular weight excluding hydrogens is 471 g/mol. The zero-order valence-corrected chi connectivity index (χ0v) is 20.8. The van der Waals surface area contributed by atoms with Crippen LogP contribution < -0.4 is 10.6 Å². The van der Waals surface area contributed by atoms with Crippen molar-refractivity contribution in [2.75, 3.05) is 37.6 Å². The first-order chi connectivity index (χ1) is 17.0. The third kappa shape index (κ3) is 5.34. The average molecular weight is 506 g/mol. The minimum Gasteiger partial charge on any atom is -0.384 e. The van der Waals surface area contributed by atoms with E-state index in [1.54, 1.807) is 11.8 Å². The first-order valence-corrected chi connectivity index (χ1v) is 12.5. The van der Waals surface area contributed by atoms with Crippen LogP contribution in [0.3, 0.4) is 0 Å². The van der Waals surface area contributed by atoms with E-state index in [1.165, 1.54) is 18.5 Å². The van der Waals surface area contributed by atoms with Crippen molar-refractivity contribution in [1.82, 2.24) is 14.9 Å². The van der Waals surface area contributed by atoms with Crippen LogP contribution in [0.1, 0.15) is 73.8 Å². The summed E-state index contributed by atoms with van der Waals surface area (Å²) in [5.41, 5.74) is 6.14. The van der Waals surface area contributed by atoms with Crippen LogP contribution in [0, 0.1) is 0 Å². The highest BCUT2D eigenvalue weighted by molar-refractivity contribution is 5.84. The van der Waals surface area contributed by atoms with Crippen LogP contribution >= 0.6 is 0 Å². The molecule has 1 aromatic heterocycles. The molecule has 1 aliphatic heterocycles. The number of benzene rings is 1. The molecule has 0 unspecified atom stereocenters. The summed E-state index contributed by atoms with van der Waals surface area (Å²) in [7, 11) is 0. The Morgan fingerprint density at radius 2 is 1.83 bits per heavy atom. The molecule has 1 saturated heterocycles. The Kier molecular flexibility index (Phi) is 7.56. The van der Waals surface area contributed by atoms with Gasteiger partial charge in [-0.3, -0.25) is 4.79 Å². The standard InChI is InChI=1S/C26H34F3N5O2/c1-17-15-25(2,36)22-21(17)23(32-16-31-22)33-11-13-34(14-12-33)24(35)20(5-3-4-10-30)18-6-8-19(9-7-18)26(27,28)29/h6-9,16-17,20,36H,3-5,10-15,30H2,1-2H3/t17-,20-,25-/m1/s1. The van der Waals surface area contributed by atoms with Gasteiger partial charge in [0, 0.05) is 31.7 Å². The number of hydrogen-bond donors (Lipinski definition) is 2. The number of piperazine rings is 1. The molecule has 2 aromatic rings. The second-order valence-corrected chi connectivity index (χ2v) is 10.1. The van der Waals surface area contributed by atoms with Crippen LogP contribution in [0.5, 0.6) is 0 Å². The van der Waals surface area contributed by atoms with Gasteiger partial charge in [0.2, 0.25) is 5.91 Å². The van der Waals surface area contributed by atoms with Gasteiger partial charge in [0.1, 0.15) is 17.7 Å². The number of aliphatic hydroxyl groups is 1. The molecule has 10 heteroatoms. The maximum absolute atomic E-state index is 13.5. The Hall–Kier alpha value is -2.72. The van der Waals surface area contributed by atoms with E-state index in [2.05, 4.69) is 21.8 Å². The van der Waals surface area contributed by atoms with Gasteiger partial charge in [-0.2, -0.15) is 13.2 Å². The van der Waals surface area contributed by atoms with Crippen molar-refractivity contribution in [3.05, 3.63) is 53.0 Å². The highest BCUT2D eigenvalue weighted by Crippen LogP contribution is 2.46. The maximum atomic E-state index is 13.5. The number of alkyl halides is 3. The van der Waals surface area contributed by atoms with Crippen LogP contribution in [0.25, 0.3) is 0 Å². The van der Waals surface area contributed by atoms with Crippen molar-refractivity contribution >= 4 is 11.7 Å². The summed E-state index contributed by atoms with van der Waals surface area (Å²) < 4.78 is 39.1. The number of rotatable bonds is 7. The number of anilines is 1. The molecule has 3 N–H and O–H groups in total. The molecule has 7 nitrogen and oxygen atoms in total. The number of carbonyl (C=O) groups excluding carboxylic acids is 1. The second-order valence-electron chi connectivity index (χ2n) is 10.1. The third-order valence-electron chi connectivity index (χ3n) is 7.35. The van der Waals surface area contributed by atoms with Gasteiger partial charge in [0.25, 0.3) is 0 Å². The molecule has 2 aliphatic rings. The van der Waals surface area contributed by atoms with Gasteiger partial charge in [0.05, 0.1) is 17.2 Å². The summed E-state index contributed by atoms with van der Waals surface area (Å²) in [6.07, 6.45) is -0.341. The first-order valence-electron chi connectivity index (χ1n) is 12.5. The Morgan fingerprint density at radius 3 is 2.44 bits per heavy atom. The summed E-state index contributed by atoms with van der Waals surface area (Å²) in [6.45, 7) is 6.45. The topological polar surface area (TPSA) is 95.6 Å². The fourth-order valence-electron chi connectivity index (χ4n) is 5.51. The lowest BCUT2D eigenvalue weighted by Crippen LogP contribution is -2.50. The fraction of sp³-hybridized carbons (Fsp3) is 0.577. The Morgan fingerprint density at radius 1 is 1.17 bits per heavy atom. The van der Waals surface area contributed by atoms with Gasteiger partial charge in [-0.1, -0.05) is 25.5 Å². The van der Waals surface area contributed by atoms with Gasteiger partial charge < -0.3 is 20.6 Å². The van der Waals surface area contributed by atoms with E-state index in [9.17, 15) is 23.1 Å². The minimum atomic E-state index is -4.42. The SMILES string of the molecule is C[C@@H]1C[C@@](C)(O)c2ncnc(N3CCN(C(=O)[C@H](CCCCN)c4ccc(C(F)(F)F)cc4)CC3)c21. The summed E-state index contributed by atoms with van der Waals surface area (Å²) >= 11 is 0. The number of nitrogens with two attached hydrogens (primary N) is 1. The predicted octanol–water partition coefficient (Wildman–Crippen LogP) is 3.77. The van der Waals surface area contributed by atoms with Crippen molar-refractivity contribution in [2.24, 2.45) is 5.73 Å². The van der Waals surface area contributed by atoms with E-state index in [0.29, 0.717) is 56.8 Å². The van der Waals surface area contributed by atoms with Crippen molar-refractivity contribution in [1.29, 1.82) is 0 Å². The number of fused-ring (bicyclic) bond motifs is 1. The number of carbonyl (C=O) groups is 1. The molecule has 4 rings (SSSR count). The molecule has 36 heavy (non-hydrogen) atoms. The number of nitrogens with zero attached hydrogens (tertiary/aromatic N) is 4. The lowest BCUT2D eigenvalue weighted by Gasteiger charge is -2.38. The summed E-state index contributed by atoms with van der Waals surface area (Å²) in [5.74, 6) is 0.344. The molecule has 1 amide bonds. The Labute approximate surface area is 209 Å². The first kappa shape index (κ1) is 26.3. The molecule has 1 aromatic carbocycles. The zero-order valence-electron chi connectivity index (χ0n) is 20.8. The Balaban J connectivity index is 1.48. The number of amides is 1. The monoisotopic (exact) mass is 505 g/mol. The van der Waals surface area contributed by atoms with Crippen LogP contribution in [0.4, 0.5) is 19.0 Å². The third-order valence-corrected chi connectivity index (χ3v) is 7.35. The van der Waals surface area contributed by atoms with Crippen LogP contribution in [-0.2, 0) is 16.6 Å². The van der Waals surface area contributed by atoms with Gasteiger partial charge in [0.15, 0.2) is 0 Å². The van der Waals surface area contributed by atoms with Gasteiger partial charge >= 0.3 is 6.18 Å². The molecule has 0 bridgehead atoms. The smallest absolute Gasteiger partial charge is 0.384 e. The number of halogens is 3. The largest absolute Gasteiger partial charge is 0.416 e. The minimum absolute atomic E-state index is 0.0735. The van der Waals surface area contributed by atoms with E-state index in [-0.39, 0.29) is 11.8 Å². The quantitative estimate of drug-likeness (QED) is 0.557. The van der Waals surface area contributed by atoms with E-state index in [1.807, 2.05) is 0 Å². The van der Waals surface area contributed by atoms with E-state index in [4.69, 9.17) is 5.73 Å². The zero-order chi connectivity index (χ0) is 26.1. The molecular formula is C26H34F3N5O2.